The summed E-state index contributed by atoms with van der Waals surface area (Å²) in [6.45, 7) is 2.41. The van der Waals surface area contributed by atoms with Crippen LogP contribution in [0.5, 0.6) is 0 Å². The van der Waals surface area contributed by atoms with Gasteiger partial charge in [-0.05, 0) is 38.5 Å². The van der Waals surface area contributed by atoms with Crippen LogP contribution in [0.2, 0.25) is 0 Å². The molecule has 1 atom stereocenters. The smallest absolute Gasteiger partial charge is 0.00696 e. The molecule has 0 bridgehead atoms. The zero-order chi connectivity index (χ0) is 12.6. The van der Waals surface area contributed by atoms with Crippen molar-refractivity contribution in [3.05, 3.63) is 0 Å². The normalized spacial score (nSPS) is 27.2. The van der Waals surface area contributed by atoms with Gasteiger partial charge in [-0.2, -0.15) is 0 Å². The molecule has 2 aliphatic rings. The van der Waals surface area contributed by atoms with Crippen LogP contribution in [0.15, 0.2) is 0 Å². The highest BCUT2D eigenvalue weighted by molar-refractivity contribution is 4.85. The molecular weight excluding hydrogens is 218 g/mol. The van der Waals surface area contributed by atoms with Crippen molar-refractivity contribution in [3.8, 4) is 0 Å². The van der Waals surface area contributed by atoms with Gasteiger partial charge in [0.1, 0.15) is 0 Å². The molecule has 2 fully saturated rings. The van der Waals surface area contributed by atoms with Crippen molar-refractivity contribution >= 4 is 0 Å². The summed E-state index contributed by atoms with van der Waals surface area (Å²) in [7, 11) is 0. The van der Waals surface area contributed by atoms with Crippen molar-refractivity contribution in [1.29, 1.82) is 0 Å². The van der Waals surface area contributed by atoms with Gasteiger partial charge < -0.3 is 5.32 Å². The number of nitrogens with one attached hydrogen (secondary N) is 1. The Labute approximate surface area is 114 Å². The van der Waals surface area contributed by atoms with Crippen LogP contribution in [0.4, 0.5) is 0 Å². The van der Waals surface area contributed by atoms with E-state index >= 15 is 0 Å². The first-order chi connectivity index (χ1) is 8.86. The van der Waals surface area contributed by atoms with Gasteiger partial charge in [0.15, 0.2) is 0 Å². The Kier molecular flexibility index (Phi) is 6.54. The fraction of sp³-hybridized carbons (Fsp3) is 1.00. The van der Waals surface area contributed by atoms with Crippen molar-refractivity contribution in [3.63, 3.8) is 0 Å². The van der Waals surface area contributed by atoms with Crippen LogP contribution in [0, 0.1) is 5.92 Å². The summed E-state index contributed by atoms with van der Waals surface area (Å²) in [6.07, 6.45) is 19.1. The van der Waals surface area contributed by atoms with E-state index < -0.39 is 0 Å². The Morgan fingerprint density at radius 2 is 1.11 bits per heavy atom. The quantitative estimate of drug-likeness (QED) is 0.740. The predicted molar refractivity (Wildman–Crippen MR) is 79.9 cm³/mol. The van der Waals surface area contributed by atoms with Crippen LogP contribution in [-0.2, 0) is 0 Å². The van der Waals surface area contributed by atoms with E-state index in [0.29, 0.717) is 0 Å². The molecule has 1 N–H and O–H groups in total. The SMILES string of the molecule is CC(NC1CCCCCCCCCCC1)C1CC1. The molecule has 2 aliphatic carbocycles. The summed E-state index contributed by atoms with van der Waals surface area (Å²) < 4.78 is 0. The molecule has 1 unspecified atom stereocenters. The molecule has 0 spiro atoms. The van der Waals surface area contributed by atoms with E-state index in [1.54, 1.807) is 0 Å². The van der Waals surface area contributed by atoms with Crippen molar-refractivity contribution < 1.29 is 0 Å². The predicted octanol–water partition coefficient (Wildman–Crippen LogP) is 5.05. The first-order valence-corrected chi connectivity index (χ1v) is 8.62. The fourth-order valence-corrected chi connectivity index (χ4v) is 3.43. The molecule has 18 heavy (non-hydrogen) atoms. The van der Waals surface area contributed by atoms with Gasteiger partial charge in [-0.15, -0.1) is 0 Å². The lowest BCUT2D eigenvalue weighted by molar-refractivity contribution is 0.355. The minimum Gasteiger partial charge on any atom is -0.311 e. The molecule has 0 aromatic rings. The molecule has 0 amide bonds. The molecule has 0 radical (unpaired) electrons. The maximum atomic E-state index is 3.93. The van der Waals surface area contributed by atoms with Crippen LogP contribution >= 0.6 is 0 Å². The zero-order valence-corrected chi connectivity index (χ0v) is 12.4. The molecule has 1 heteroatoms. The van der Waals surface area contributed by atoms with Gasteiger partial charge >= 0.3 is 0 Å². The fourth-order valence-electron chi connectivity index (χ4n) is 3.43. The van der Waals surface area contributed by atoms with Gasteiger partial charge in [0.05, 0.1) is 0 Å². The molecule has 0 aliphatic heterocycles. The molecule has 0 heterocycles. The first kappa shape index (κ1) is 14.4. The monoisotopic (exact) mass is 251 g/mol. The third-order valence-corrected chi connectivity index (χ3v) is 4.93. The summed E-state index contributed by atoms with van der Waals surface area (Å²) >= 11 is 0. The van der Waals surface area contributed by atoms with Crippen LogP contribution < -0.4 is 5.32 Å². The number of hydrogen-bond acceptors (Lipinski definition) is 1. The lowest BCUT2D eigenvalue weighted by atomic mass is 9.97. The van der Waals surface area contributed by atoms with Gasteiger partial charge in [0, 0.05) is 12.1 Å². The molecule has 0 saturated heterocycles. The van der Waals surface area contributed by atoms with Gasteiger partial charge in [-0.1, -0.05) is 57.8 Å². The third-order valence-electron chi connectivity index (χ3n) is 4.93. The highest BCUT2D eigenvalue weighted by atomic mass is 15.0. The lowest BCUT2D eigenvalue weighted by Gasteiger charge is -2.24. The van der Waals surface area contributed by atoms with Crippen LogP contribution in [0.3, 0.4) is 0 Å². The molecule has 106 valence electrons. The Bertz CT molecular complexity index is 198. The van der Waals surface area contributed by atoms with E-state index in [1.165, 1.54) is 83.5 Å². The summed E-state index contributed by atoms with van der Waals surface area (Å²) in [4.78, 5) is 0. The minimum absolute atomic E-state index is 0.780. The Morgan fingerprint density at radius 3 is 1.56 bits per heavy atom. The molecule has 2 rings (SSSR count). The zero-order valence-electron chi connectivity index (χ0n) is 12.4. The number of hydrogen-bond donors (Lipinski definition) is 1. The van der Waals surface area contributed by atoms with Crippen molar-refractivity contribution in [2.75, 3.05) is 0 Å². The van der Waals surface area contributed by atoms with E-state index in [-0.39, 0.29) is 0 Å². The highest BCUT2D eigenvalue weighted by Gasteiger charge is 2.28. The highest BCUT2D eigenvalue weighted by Crippen LogP contribution is 2.33. The Morgan fingerprint density at radius 1 is 0.667 bits per heavy atom. The molecule has 0 aromatic carbocycles. The number of rotatable bonds is 3. The summed E-state index contributed by atoms with van der Waals surface area (Å²) in [6, 6.07) is 1.60. The van der Waals surface area contributed by atoms with Crippen LogP contribution in [0.1, 0.15) is 90.4 Å². The van der Waals surface area contributed by atoms with E-state index in [2.05, 4.69) is 12.2 Å². The third kappa shape index (κ3) is 5.73. The topological polar surface area (TPSA) is 12.0 Å². The van der Waals surface area contributed by atoms with Crippen molar-refractivity contribution in [1.82, 2.24) is 5.32 Å². The maximum absolute atomic E-state index is 3.93. The van der Waals surface area contributed by atoms with Crippen molar-refractivity contribution in [2.45, 2.75) is 102 Å². The largest absolute Gasteiger partial charge is 0.311 e. The Hall–Kier alpha value is -0.0400. The Balaban J connectivity index is 1.69. The second kappa shape index (κ2) is 8.19. The molecule has 2 saturated carbocycles. The summed E-state index contributed by atoms with van der Waals surface area (Å²) in [5.74, 6) is 1.01. The molecule has 1 nitrogen and oxygen atoms in total. The van der Waals surface area contributed by atoms with E-state index in [9.17, 15) is 0 Å². The first-order valence-electron chi connectivity index (χ1n) is 8.62. The van der Waals surface area contributed by atoms with E-state index in [4.69, 9.17) is 0 Å². The minimum atomic E-state index is 0.780. The van der Waals surface area contributed by atoms with Crippen molar-refractivity contribution in [2.24, 2.45) is 5.92 Å². The summed E-state index contributed by atoms with van der Waals surface area (Å²) in [5, 5.41) is 3.93. The molecular formula is C17H33N. The average Bonchev–Trinajstić information content (AvgIpc) is 3.16. The second-order valence-corrected chi connectivity index (χ2v) is 6.75. The summed E-state index contributed by atoms with van der Waals surface area (Å²) in [5.41, 5.74) is 0. The standard InChI is InChI=1S/C17H33N/c1-15(16-13-14-16)18-17-11-9-7-5-3-2-4-6-8-10-12-17/h15-18H,2-14H2,1H3. The van der Waals surface area contributed by atoms with E-state index in [1.807, 2.05) is 0 Å². The van der Waals surface area contributed by atoms with Crippen LogP contribution in [0.25, 0.3) is 0 Å². The second-order valence-electron chi connectivity index (χ2n) is 6.75. The molecule has 0 aromatic heterocycles. The van der Waals surface area contributed by atoms with Gasteiger partial charge in [-0.3, -0.25) is 0 Å². The maximum Gasteiger partial charge on any atom is 0.00696 e. The van der Waals surface area contributed by atoms with Crippen LogP contribution in [-0.4, -0.2) is 12.1 Å². The van der Waals surface area contributed by atoms with Gasteiger partial charge in [-0.25, -0.2) is 0 Å². The van der Waals surface area contributed by atoms with Gasteiger partial charge in [0.25, 0.3) is 0 Å². The average molecular weight is 251 g/mol. The van der Waals surface area contributed by atoms with E-state index in [0.717, 1.165) is 18.0 Å². The lowest BCUT2D eigenvalue weighted by Crippen LogP contribution is -2.37. The van der Waals surface area contributed by atoms with Gasteiger partial charge in [0.2, 0.25) is 0 Å².